The second kappa shape index (κ2) is 7.28. The number of carbonyl (C=O) groups is 1. The third kappa shape index (κ3) is 3.73. The first-order valence-corrected chi connectivity index (χ1v) is 9.52. The maximum atomic E-state index is 12.1. The van der Waals surface area contributed by atoms with E-state index in [1.165, 1.54) is 24.6 Å². The zero-order chi connectivity index (χ0) is 19.8. The van der Waals surface area contributed by atoms with Crippen molar-refractivity contribution in [3.8, 4) is 0 Å². The summed E-state index contributed by atoms with van der Waals surface area (Å²) in [6.07, 6.45) is 5.59. The van der Waals surface area contributed by atoms with Crippen LogP contribution in [0.3, 0.4) is 0 Å². The molecule has 0 aliphatic heterocycles. The van der Waals surface area contributed by atoms with Gasteiger partial charge < -0.3 is 14.3 Å². The number of hydrogen-bond donors (Lipinski definition) is 1. The number of aromatic amines is 1. The minimum atomic E-state index is -0.491. The standard InChI is InChI=1S/C21H20ClN3O3/c1-12-9-14(13(2)25(12)16-5-6-16)3-8-20(26)28-11-19-23-18-7-4-15(22)10-17(18)21(27)24-19/h3-4,7-10,16H,5-6,11H2,1-2H3,(H,23,24,27)/b8-3+. The van der Waals surface area contributed by atoms with Gasteiger partial charge in [0.05, 0.1) is 10.9 Å². The number of nitrogens with zero attached hydrogens (tertiary/aromatic N) is 2. The Balaban J connectivity index is 1.44. The smallest absolute Gasteiger partial charge is 0.331 e. The van der Waals surface area contributed by atoms with Gasteiger partial charge >= 0.3 is 5.97 Å². The average molecular weight is 398 g/mol. The second-order valence-electron chi connectivity index (χ2n) is 7.04. The molecule has 4 rings (SSSR count). The Kier molecular flexibility index (Phi) is 4.81. The van der Waals surface area contributed by atoms with Gasteiger partial charge in [-0.3, -0.25) is 4.79 Å². The van der Waals surface area contributed by atoms with Crippen LogP contribution >= 0.6 is 11.6 Å². The van der Waals surface area contributed by atoms with E-state index in [1.54, 1.807) is 24.3 Å². The van der Waals surface area contributed by atoms with Crippen LogP contribution in [0.25, 0.3) is 17.0 Å². The number of hydrogen-bond acceptors (Lipinski definition) is 4. The molecule has 144 valence electrons. The number of aromatic nitrogens is 3. The molecule has 1 N–H and O–H groups in total. The molecule has 1 aromatic carbocycles. The summed E-state index contributed by atoms with van der Waals surface area (Å²) in [5, 5.41) is 0.860. The highest BCUT2D eigenvalue weighted by atomic mass is 35.5. The predicted molar refractivity (Wildman–Crippen MR) is 108 cm³/mol. The van der Waals surface area contributed by atoms with Crippen molar-refractivity contribution >= 4 is 34.5 Å². The van der Waals surface area contributed by atoms with Gasteiger partial charge in [-0.05, 0) is 62.6 Å². The molecule has 3 aromatic rings. The fourth-order valence-electron chi connectivity index (χ4n) is 3.44. The SMILES string of the molecule is Cc1cc(/C=C/C(=O)OCc2nc3ccc(Cl)cc3c(=O)[nH]2)c(C)n1C1CC1. The van der Waals surface area contributed by atoms with Gasteiger partial charge in [0.15, 0.2) is 0 Å². The topological polar surface area (TPSA) is 77.0 Å². The Labute approximate surface area is 166 Å². The molecule has 0 spiro atoms. The van der Waals surface area contributed by atoms with Gasteiger partial charge in [0, 0.05) is 28.5 Å². The number of benzene rings is 1. The summed E-state index contributed by atoms with van der Waals surface area (Å²) in [7, 11) is 0. The molecule has 2 aromatic heterocycles. The molecule has 2 heterocycles. The normalized spacial score (nSPS) is 14.1. The number of aryl methyl sites for hydroxylation is 1. The van der Waals surface area contributed by atoms with E-state index in [9.17, 15) is 9.59 Å². The molecule has 0 saturated heterocycles. The molecule has 0 amide bonds. The molecule has 0 radical (unpaired) electrons. The van der Waals surface area contributed by atoms with E-state index >= 15 is 0 Å². The molecule has 6 nitrogen and oxygen atoms in total. The Morgan fingerprint density at radius 1 is 1.36 bits per heavy atom. The third-order valence-electron chi connectivity index (χ3n) is 4.90. The van der Waals surface area contributed by atoms with Crippen molar-refractivity contribution in [2.75, 3.05) is 0 Å². The van der Waals surface area contributed by atoms with Gasteiger partial charge in [0.1, 0.15) is 12.4 Å². The van der Waals surface area contributed by atoms with Crippen LogP contribution in [-0.4, -0.2) is 20.5 Å². The lowest BCUT2D eigenvalue weighted by Gasteiger charge is -2.06. The van der Waals surface area contributed by atoms with Gasteiger partial charge in [-0.2, -0.15) is 0 Å². The van der Waals surface area contributed by atoms with E-state index in [-0.39, 0.29) is 18.0 Å². The van der Waals surface area contributed by atoms with Crippen LogP contribution in [0.2, 0.25) is 5.02 Å². The molecule has 0 atom stereocenters. The monoisotopic (exact) mass is 397 g/mol. The van der Waals surface area contributed by atoms with E-state index in [0.29, 0.717) is 22.0 Å². The van der Waals surface area contributed by atoms with Crippen molar-refractivity contribution in [1.82, 2.24) is 14.5 Å². The number of ether oxygens (including phenoxy) is 1. The summed E-state index contributed by atoms with van der Waals surface area (Å²) in [5.41, 5.74) is 3.55. The molecule has 7 heteroatoms. The lowest BCUT2D eigenvalue weighted by atomic mass is 10.2. The molecule has 0 bridgehead atoms. The molecular weight excluding hydrogens is 378 g/mol. The largest absolute Gasteiger partial charge is 0.454 e. The summed E-state index contributed by atoms with van der Waals surface area (Å²) >= 11 is 5.90. The lowest BCUT2D eigenvalue weighted by Crippen LogP contribution is -2.13. The van der Waals surface area contributed by atoms with Gasteiger partial charge in [-0.1, -0.05) is 11.6 Å². The first-order valence-electron chi connectivity index (χ1n) is 9.14. The number of esters is 1. The summed E-state index contributed by atoms with van der Waals surface area (Å²) in [6, 6.07) is 7.55. The molecule has 1 aliphatic carbocycles. The first kappa shape index (κ1) is 18.5. The first-order chi connectivity index (χ1) is 13.4. The van der Waals surface area contributed by atoms with E-state index in [0.717, 1.165) is 11.3 Å². The van der Waals surface area contributed by atoms with Crippen LogP contribution in [0, 0.1) is 13.8 Å². The fraction of sp³-hybridized carbons (Fsp3) is 0.286. The highest BCUT2D eigenvalue weighted by Crippen LogP contribution is 2.38. The average Bonchev–Trinajstić information content (AvgIpc) is 3.44. The van der Waals surface area contributed by atoms with Crippen LogP contribution in [0.1, 0.15) is 41.7 Å². The number of fused-ring (bicyclic) bond motifs is 1. The van der Waals surface area contributed by atoms with Gasteiger partial charge in [-0.15, -0.1) is 0 Å². The molecule has 1 saturated carbocycles. The third-order valence-corrected chi connectivity index (χ3v) is 5.14. The van der Waals surface area contributed by atoms with E-state index < -0.39 is 5.97 Å². The van der Waals surface area contributed by atoms with E-state index in [2.05, 4.69) is 34.4 Å². The number of carbonyl (C=O) groups excluding carboxylic acids is 1. The Bertz CT molecular complexity index is 1160. The zero-order valence-electron chi connectivity index (χ0n) is 15.7. The van der Waals surface area contributed by atoms with Crippen molar-refractivity contribution < 1.29 is 9.53 Å². The summed E-state index contributed by atoms with van der Waals surface area (Å²) in [6.45, 7) is 4.03. The molecule has 0 unspecified atom stereocenters. The summed E-state index contributed by atoms with van der Waals surface area (Å²) in [5.74, 6) is -0.205. The van der Waals surface area contributed by atoms with Crippen molar-refractivity contribution in [2.24, 2.45) is 0 Å². The van der Waals surface area contributed by atoms with Crippen LogP contribution in [0.4, 0.5) is 0 Å². The molecule has 1 aliphatic rings. The van der Waals surface area contributed by atoms with Gasteiger partial charge in [-0.25, -0.2) is 9.78 Å². The highest BCUT2D eigenvalue weighted by molar-refractivity contribution is 6.31. The Morgan fingerprint density at radius 2 is 2.14 bits per heavy atom. The number of halogens is 1. The highest BCUT2D eigenvalue weighted by Gasteiger charge is 2.26. The maximum Gasteiger partial charge on any atom is 0.331 e. The fourth-order valence-corrected chi connectivity index (χ4v) is 3.61. The second-order valence-corrected chi connectivity index (χ2v) is 7.48. The van der Waals surface area contributed by atoms with E-state index in [4.69, 9.17) is 16.3 Å². The van der Waals surface area contributed by atoms with Crippen molar-refractivity contribution in [1.29, 1.82) is 0 Å². The van der Waals surface area contributed by atoms with Crippen LogP contribution in [-0.2, 0) is 16.1 Å². The zero-order valence-corrected chi connectivity index (χ0v) is 16.4. The van der Waals surface area contributed by atoms with Gasteiger partial charge in [0.25, 0.3) is 5.56 Å². The quantitative estimate of drug-likeness (QED) is 0.519. The maximum absolute atomic E-state index is 12.1. The minimum absolute atomic E-state index is 0.113. The number of rotatable bonds is 5. The Hall–Kier alpha value is -2.86. The van der Waals surface area contributed by atoms with Crippen molar-refractivity contribution in [2.45, 2.75) is 39.3 Å². The molecular formula is C21H20ClN3O3. The molecule has 1 fully saturated rings. The number of H-pyrrole nitrogens is 1. The van der Waals surface area contributed by atoms with Crippen LogP contribution in [0.15, 0.2) is 35.1 Å². The summed E-state index contributed by atoms with van der Waals surface area (Å²) in [4.78, 5) is 31.1. The van der Waals surface area contributed by atoms with Gasteiger partial charge in [0.2, 0.25) is 0 Å². The van der Waals surface area contributed by atoms with Crippen molar-refractivity contribution in [3.63, 3.8) is 0 Å². The van der Waals surface area contributed by atoms with Crippen molar-refractivity contribution in [3.05, 3.63) is 68.5 Å². The number of nitrogens with one attached hydrogen (secondary N) is 1. The van der Waals surface area contributed by atoms with Crippen LogP contribution < -0.4 is 5.56 Å². The summed E-state index contributed by atoms with van der Waals surface area (Å²) < 4.78 is 7.54. The van der Waals surface area contributed by atoms with Crippen LogP contribution in [0.5, 0.6) is 0 Å². The molecule has 28 heavy (non-hydrogen) atoms. The minimum Gasteiger partial charge on any atom is -0.454 e. The predicted octanol–water partition coefficient (Wildman–Crippen LogP) is 4.09. The lowest BCUT2D eigenvalue weighted by molar-refractivity contribution is -0.139. The Morgan fingerprint density at radius 3 is 2.89 bits per heavy atom. The van der Waals surface area contributed by atoms with E-state index in [1.807, 2.05) is 0 Å².